The summed E-state index contributed by atoms with van der Waals surface area (Å²) in [5.74, 6) is 0.0198. The summed E-state index contributed by atoms with van der Waals surface area (Å²) in [6.07, 6.45) is 2.79. The number of nitrogens with zero attached hydrogens (tertiary/aromatic N) is 3. The molecule has 7 nitrogen and oxygen atoms in total. The zero-order valence-electron chi connectivity index (χ0n) is 15.3. The van der Waals surface area contributed by atoms with Crippen LogP contribution in [0.25, 0.3) is 0 Å². The molecule has 2 aliphatic heterocycles. The SMILES string of the molecule is O=C(NCc1ccccc1)c1nc(C(=O)N2CCOCC2)c2n1CCCC2. The molecule has 3 heterocycles. The Bertz CT molecular complexity index is 825. The van der Waals surface area contributed by atoms with E-state index in [2.05, 4.69) is 10.3 Å². The van der Waals surface area contributed by atoms with E-state index < -0.39 is 0 Å². The molecule has 0 atom stereocenters. The second kappa shape index (κ2) is 7.92. The summed E-state index contributed by atoms with van der Waals surface area (Å²) >= 11 is 0. The minimum absolute atomic E-state index is 0.0916. The lowest BCUT2D eigenvalue weighted by Gasteiger charge is -2.26. The van der Waals surface area contributed by atoms with Crippen LogP contribution in [0.1, 0.15) is 45.2 Å². The molecule has 0 radical (unpaired) electrons. The molecular formula is C20H24N4O3. The average molecular weight is 368 g/mol. The van der Waals surface area contributed by atoms with Gasteiger partial charge in [0.15, 0.2) is 5.82 Å². The number of nitrogens with one attached hydrogen (secondary N) is 1. The average Bonchev–Trinajstić information content (AvgIpc) is 3.13. The van der Waals surface area contributed by atoms with E-state index in [1.807, 2.05) is 34.9 Å². The molecule has 7 heteroatoms. The van der Waals surface area contributed by atoms with Gasteiger partial charge in [0.2, 0.25) is 0 Å². The third-order valence-corrected chi connectivity index (χ3v) is 5.12. The van der Waals surface area contributed by atoms with Gasteiger partial charge in [0.05, 0.1) is 18.9 Å². The van der Waals surface area contributed by atoms with Crippen LogP contribution in [0.2, 0.25) is 0 Å². The highest BCUT2D eigenvalue weighted by Gasteiger charge is 2.30. The standard InChI is InChI=1S/C20H24N4O3/c25-19(21-14-15-6-2-1-3-7-15)18-22-17(16-8-4-5-9-24(16)18)20(26)23-10-12-27-13-11-23/h1-3,6-7H,4-5,8-14H2,(H,21,25). The molecule has 1 aromatic heterocycles. The fraction of sp³-hybridized carbons (Fsp3) is 0.450. The van der Waals surface area contributed by atoms with Gasteiger partial charge in [-0.2, -0.15) is 0 Å². The quantitative estimate of drug-likeness (QED) is 0.890. The van der Waals surface area contributed by atoms with Crippen molar-refractivity contribution in [3.05, 3.63) is 53.1 Å². The molecule has 2 amide bonds. The number of carbonyl (C=O) groups is 2. The van der Waals surface area contributed by atoms with Crippen molar-refractivity contribution in [2.24, 2.45) is 0 Å². The number of amides is 2. The molecule has 0 spiro atoms. The van der Waals surface area contributed by atoms with E-state index in [0.29, 0.717) is 44.4 Å². The molecule has 0 unspecified atom stereocenters. The summed E-state index contributed by atoms with van der Waals surface area (Å²) in [4.78, 5) is 32.0. The van der Waals surface area contributed by atoms with Crippen LogP contribution in [0.5, 0.6) is 0 Å². The van der Waals surface area contributed by atoms with Crippen LogP contribution >= 0.6 is 0 Å². The van der Waals surface area contributed by atoms with Crippen LogP contribution in [-0.4, -0.2) is 52.6 Å². The van der Waals surface area contributed by atoms with Gasteiger partial charge in [0.1, 0.15) is 5.69 Å². The minimum Gasteiger partial charge on any atom is -0.378 e. The summed E-state index contributed by atoms with van der Waals surface area (Å²) in [6.45, 7) is 3.40. The van der Waals surface area contributed by atoms with Gasteiger partial charge in [0.25, 0.3) is 11.8 Å². The van der Waals surface area contributed by atoms with Crippen LogP contribution in [0.15, 0.2) is 30.3 Å². The molecule has 1 saturated heterocycles. The number of hydrogen-bond donors (Lipinski definition) is 1. The normalized spacial score (nSPS) is 16.7. The van der Waals surface area contributed by atoms with Crippen molar-refractivity contribution in [2.75, 3.05) is 26.3 Å². The van der Waals surface area contributed by atoms with Gasteiger partial charge in [-0.15, -0.1) is 0 Å². The van der Waals surface area contributed by atoms with E-state index in [0.717, 1.165) is 37.1 Å². The van der Waals surface area contributed by atoms with Crippen molar-refractivity contribution in [2.45, 2.75) is 32.4 Å². The third kappa shape index (κ3) is 3.73. The monoisotopic (exact) mass is 368 g/mol. The van der Waals surface area contributed by atoms with Gasteiger partial charge in [-0.3, -0.25) is 9.59 Å². The molecule has 0 aliphatic carbocycles. The Labute approximate surface area is 158 Å². The number of fused-ring (bicyclic) bond motifs is 1. The number of imidazole rings is 1. The fourth-order valence-corrected chi connectivity index (χ4v) is 3.66. The van der Waals surface area contributed by atoms with E-state index in [1.165, 1.54) is 0 Å². The highest BCUT2D eigenvalue weighted by molar-refractivity contribution is 5.97. The van der Waals surface area contributed by atoms with Crippen LogP contribution < -0.4 is 5.32 Å². The number of hydrogen-bond acceptors (Lipinski definition) is 4. The van der Waals surface area contributed by atoms with E-state index in [9.17, 15) is 9.59 Å². The highest BCUT2D eigenvalue weighted by Crippen LogP contribution is 2.22. The lowest BCUT2D eigenvalue weighted by Crippen LogP contribution is -2.41. The molecule has 142 valence electrons. The molecule has 2 aliphatic rings. The summed E-state index contributed by atoms with van der Waals surface area (Å²) in [5, 5.41) is 2.93. The zero-order valence-corrected chi connectivity index (χ0v) is 15.3. The Kier molecular flexibility index (Phi) is 5.20. The lowest BCUT2D eigenvalue weighted by atomic mass is 10.1. The molecule has 0 saturated carbocycles. The van der Waals surface area contributed by atoms with Gasteiger partial charge in [-0.25, -0.2) is 4.98 Å². The number of benzene rings is 1. The van der Waals surface area contributed by atoms with Crippen molar-refractivity contribution < 1.29 is 14.3 Å². The van der Waals surface area contributed by atoms with E-state index in [-0.39, 0.29) is 11.8 Å². The number of aromatic nitrogens is 2. The highest BCUT2D eigenvalue weighted by atomic mass is 16.5. The number of carbonyl (C=O) groups excluding carboxylic acids is 2. The van der Waals surface area contributed by atoms with Crippen LogP contribution in [0.3, 0.4) is 0 Å². The number of rotatable bonds is 4. The lowest BCUT2D eigenvalue weighted by molar-refractivity contribution is 0.0298. The van der Waals surface area contributed by atoms with Gasteiger partial charge in [-0.05, 0) is 24.8 Å². The molecule has 1 N–H and O–H groups in total. The molecular weight excluding hydrogens is 344 g/mol. The number of ether oxygens (including phenoxy) is 1. The molecule has 4 rings (SSSR count). The van der Waals surface area contributed by atoms with Crippen molar-refractivity contribution in [3.63, 3.8) is 0 Å². The first-order chi connectivity index (χ1) is 13.2. The van der Waals surface area contributed by atoms with Gasteiger partial charge in [0, 0.05) is 26.2 Å². The first-order valence-corrected chi connectivity index (χ1v) is 9.52. The Morgan fingerprint density at radius 1 is 1.07 bits per heavy atom. The Morgan fingerprint density at radius 2 is 1.85 bits per heavy atom. The van der Waals surface area contributed by atoms with Gasteiger partial charge < -0.3 is 19.5 Å². The van der Waals surface area contributed by atoms with Crippen LogP contribution in [0.4, 0.5) is 0 Å². The van der Waals surface area contributed by atoms with Crippen molar-refractivity contribution in [1.82, 2.24) is 19.8 Å². The Morgan fingerprint density at radius 3 is 2.63 bits per heavy atom. The maximum absolute atomic E-state index is 12.9. The molecule has 2 aromatic rings. The summed E-state index contributed by atoms with van der Waals surface area (Å²) < 4.78 is 7.26. The van der Waals surface area contributed by atoms with Crippen LogP contribution in [0, 0.1) is 0 Å². The fourth-order valence-electron chi connectivity index (χ4n) is 3.66. The molecule has 1 fully saturated rings. The summed E-state index contributed by atoms with van der Waals surface area (Å²) in [7, 11) is 0. The maximum Gasteiger partial charge on any atom is 0.287 e. The van der Waals surface area contributed by atoms with Crippen molar-refractivity contribution >= 4 is 11.8 Å². The third-order valence-electron chi connectivity index (χ3n) is 5.12. The first-order valence-electron chi connectivity index (χ1n) is 9.52. The van der Waals surface area contributed by atoms with Crippen molar-refractivity contribution in [1.29, 1.82) is 0 Å². The van der Waals surface area contributed by atoms with E-state index >= 15 is 0 Å². The smallest absolute Gasteiger partial charge is 0.287 e. The summed E-state index contributed by atoms with van der Waals surface area (Å²) in [6, 6.07) is 9.76. The summed E-state index contributed by atoms with van der Waals surface area (Å²) in [5.41, 5.74) is 2.35. The Balaban J connectivity index is 1.56. The topological polar surface area (TPSA) is 76.5 Å². The molecule has 1 aromatic carbocycles. The zero-order chi connectivity index (χ0) is 18.6. The molecule has 27 heavy (non-hydrogen) atoms. The predicted octanol–water partition coefficient (Wildman–Crippen LogP) is 1.62. The predicted molar refractivity (Wildman–Crippen MR) is 99.5 cm³/mol. The minimum atomic E-state index is -0.233. The second-order valence-corrected chi connectivity index (χ2v) is 6.91. The largest absolute Gasteiger partial charge is 0.378 e. The molecule has 0 bridgehead atoms. The second-order valence-electron chi connectivity index (χ2n) is 6.91. The maximum atomic E-state index is 12.9. The van der Waals surface area contributed by atoms with E-state index in [4.69, 9.17) is 4.74 Å². The van der Waals surface area contributed by atoms with E-state index in [1.54, 1.807) is 4.90 Å². The first kappa shape index (κ1) is 17.7. The Hall–Kier alpha value is -2.67. The van der Waals surface area contributed by atoms with Gasteiger partial charge in [-0.1, -0.05) is 30.3 Å². The van der Waals surface area contributed by atoms with Crippen LogP contribution in [-0.2, 0) is 24.2 Å². The van der Waals surface area contributed by atoms with Crippen molar-refractivity contribution in [3.8, 4) is 0 Å². The number of morpholine rings is 1. The van der Waals surface area contributed by atoms with Gasteiger partial charge >= 0.3 is 0 Å².